The van der Waals surface area contributed by atoms with Crippen molar-refractivity contribution in [2.75, 3.05) is 10.6 Å². The first-order chi connectivity index (χ1) is 10.0. The van der Waals surface area contributed by atoms with Gasteiger partial charge in [0.2, 0.25) is 15.9 Å². The van der Waals surface area contributed by atoms with Crippen LogP contribution in [-0.2, 0) is 14.8 Å². The van der Waals surface area contributed by atoms with Crippen molar-refractivity contribution in [3.8, 4) is 0 Å². The number of anilines is 1. The second-order valence-corrected chi connectivity index (χ2v) is 7.62. The van der Waals surface area contributed by atoms with Gasteiger partial charge < -0.3 is 5.32 Å². The van der Waals surface area contributed by atoms with Gasteiger partial charge in [0.05, 0.1) is 4.90 Å². The third-order valence-corrected chi connectivity index (χ3v) is 5.23. The highest BCUT2D eigenvalue weighted by Crippen LogP contribution is 2.22. The van der Waals surface area contributed by atoms with Crippen LogP contribution in [-0.4, -0.2) is 25.7 Å². The van der Waals surface area contributed by atoms with Crippen molar-refractivity contribution in [1.82, 2.24) is 4.72 Å². The molecule has 0 saturated heterocycles. The molecule has 1 aliphatic rings. The van der Waals surface area contributed by atoms with Gasteiger partial charge in [-0.15, -0.1) is 0 Å². The zero-order valence-electron chi connectivity index (χ0n) is 11.6. The first-order valence-corrected chi connectivity index (χ1v) is 9.60. The molecule has 7 heteroatoms. The third kappa shape index (κ3) is 5.41. The first kappa shape index (κ1) is 16.5. The molecule has 0 radical (unpaired) electrons. The van der Waals surface area contributed by atoms with E-state index in [9.17, 15) is 13.2 Å². The predicted molar refractivity (Wildman–Crippen MR) is 86.1 cm³/mol. The summed E-state index contributed by atoms with van der Waals surface area (Å²) >= 11 is 3.32. The molecule has 2 N–H and O–H groups in total. The van der Waals surface area contributed by atoms with Gasteiger partial charge in [-0.05, 0) is 49.9 Å². The van der Waals surface area contributed by atoms with Crippen LogP contribution in [0.3, 0.4) is 0 Å². The molecule has 0 atom stereocenters. The maximum atomic E-state index is 12.0. The van der Waals surface area contributed by atoms with Crippen LogP contribution in [0.2, 0.25) is 0 Å². The van der Waals surface area contributed by atoms with Gasteiger partial charge in [-0.25, -0.2) is 13.1 Å². The standard InChI is InChI=1S/C14H19BrN2O3S/c15-10-2-1-3-14(18)16-11-6-8-13(9-7-11)21(19,20)17-12-4-5-12/h6-9,12,17H,1-5,10H2,(H,16,18). The van der Waals surface area contributed by atoms with E-state index >= 15 is 0 Å². The Balaban J connectivity index is 1.90. The minimum atomic E-state index is -3.43. The lowest BCUT2D eigenvalue weighted by Crippen LogP contribution is -2.25. The Bertz CT molecular complexity index is 583. The summed E-state index contributed by atoms with van der Waals surface area (Å²) in [5, 5.41) is 3.65. The van der Waals surface area contributed by atoms with Crippen LogP contribution < -0.4 is 10.0 Å². The molecule has 0 spiro atoms. The van der Waals surface area contributed by atoms with Gasteiger partial charge in [-0.3, -0.25) is 4.79 Å². The summed E-state index contributed by atoms with van der Waals surface area (Å²) in [5.74, 6) is -0.0531. The van der Waals surface area contributed by atoms with Crippen LogP contribution in [0.15, 0.2) is 29.2 Å². The second-order valence-electron chi connectivity index (χ2n) is 5.11. The lowest BCUT2D eigenvalue weighted by Gasteiger charge is -2.08. The Morgan fingerprint density at radius 3 is 2.43 bits per heavy atom. The topological polar surface area (TPSA) is 75.3 Å². The highest BCUT2D eigenvalue weighted by atomic mass is 79.9. The van der Waals surface area contributed by atoms with Gasteiger partial charge in [-0.1, -0.05) is 15.9 Å². The van der Waals surface area contributed by atoms with Gasteiger partial charge in [0.1, 0.15) is 0 Å². The van der Waals surface area contributed by atoms with Crippen molar-refractivity contribution in [1.29, 1.82) is 0 Å². The summed E-state index contributed by atoms with van der Waals surface area (Å²) in [6.45, 7) is 0. The molecule has 1 aromatic rings. The Morgan fingerprint density at radius 1 is 1.19 bits per heavy atom. The molecule has 0 unspecified atom stereocenters. The van der Waals surface area contributed by atoms with E-state index in [1.54, 1.807) is 12.1 Å². The summed E-state index contributed by atoms with van der Waals surface area (Å²) in [5.41, 5.74) is 0.615. The average molecular weight is 375 g/mol. The number of halogens is 1. The highest BCUT2D eigenvalue weighted by Gasteiger charge is 2.27. The normalized spacial score (nSPS) is 14.9. The Labute approximate surface area is 133 Å². The summed E-state index contributed by atoms with van der Waals surface area (Å²) < 4.78 is 26.6. The minimum Gasteiger partial charge on any atom is -0.326 e. The SMILES string of the molecule is O=C(CCCCBr)Nc1ccc(S(=O)(=O)NC2CC2)cc1. The van der Waals surface area contributed by atoms with Crippen LogP contribution in [0, 0.1) is 0 Å². The van der Waals surface area contributed by atoms with Crippen molar-refractivity contribution in [3.63, 3.8) is 0 Å². The third-order valence-electron chi connectivity index (χ3n) is 3.14. The van der Waals surface area contributed by atoms with E-state index in [0.29, 0.717) is 12.1 Å². The number of hydrogen-bond donors (Lipinski definition) is 2. The summed E-state index contributed by atoms with van der Waals surface area (Å²) in [6.07, 6.45) is 4.06. The smallest absolute Gasteiger partial charge is 0.240 e. The Morgan fingerprint density at radius 2 is 1.86 bits per heavy atom. The lowest BCUT2D eigenvalue weighted by molar-refractivity contribution is -0.116. The zero-order chi connectivity index (χ0) is 15.3. The van der Waals surface area contributed by atoms with E-state index in [1.807, 2.05) is 0 Å². The largest absolute Gasteiger partial charge is 0.326 e. The maximum Gasteiger partial charge on any atom is 0.240 e. The monoisotopic (exact) mass is 374 g/mol. The van der Waals surface area contributed by atoms with Crippen molar-refractivity contribution in [3.05, 3.63) is 24.3 Å². The summed E-state index contributed by atoms with van der Waals surface area (Å²) in [7, 11) is -3.43. The van der Waals surface area contributed by atoms with Crippen LogP contribution >= 0.6 is 15.9 Å². The van der Waals surface area contributed by atoms with Crippen LogP contribution in [0.1, 0.15) is 32.1 Å². The van der Waals surface area contributed by atoms with Crippen molar-refractivity contribution in [2.45, 2.75) is 43.0 Å². The molecule has 0 aromatic heterocycles. The molecule has 0 heterocycles. The fraction of sp³-hybridized carbons (Fsp3) is 0.500. The average Bonchev–Trinajstić information content (AvgIpc) is 3.23. The van der Waals surface area contributed by atoms with Crippen LogP contribution in [0.4, 0.5) is 5.69 Å². The van der Waals surface area contributed by atoms with Gasteiger partial charge >= 0.3 is 0 Å². The molecule has 21 heavy (non-hydrogen) atoms. The molecule has 1 aromatic carbocycles. The van der Waals surface area contributed by atoms with E-state index in [1.165, 1.54) is 12.1 Å². The van der Waals surface area contributed by atoms with Crippen LogP contribution in [0.5, 0.6) is 0 Å². The lowest BCUT2D eigenvalue weighted by atomic mass is 10.2. The van der Waals surface area contributed by atoms with Crippen molar-refractivity contribution in [2.24, 2.45) is 0 Å². The zero-order valence-corrected chi connectivity index (χ0v) is 14.0. The molecule has 1 aliphatic carbocycles. The Kier molecular flexibility index (Phi) is 5.78. The van der Waals surface area contributed by atoms with Crippen molar-refractivity contribution >= 4 is 37.5 Å². The van der Waals surface area contributed by atoms with E-state index < -0.39 is 10.0 Å². The number of sulfonamides is 1. The molecule has 1 saturated carbocycles. The van der Waals surface area contributed by atoms with E-state index in [4.69, 9.17) is 0 Å². The molecule has 0 aliphatic heterocycles. The van der Waals surface area contributed by atoms with E-state index in [0.717, 1.165) is 31.0 Å². The quantitative estimate of drug-likeness (QED) is 0.542. The Hall–Kier alpha value is -0.920. The van der Waals surface area contributed by atoms with Gasteiger partial charge in [0, 0.05) is 23.5 Å². The fourth-order valence-electron chi connectivity index (χ4n) is 1.81. The first-order valence-electron chi connectivity index (χ1n) is 6.99. The molecule has 1 amide bonds. The predicted octanol–water partition coefficient (Wildman–Crippen LogP) is 2.63. The van der Waals surface area contributed by atoms with Gasteiger partial charge in [0.25, 0.3) is 0 Å². The number of amides is 1. The number of rotatable bonds is 8. The van der Waals surface area contributed by atoms with E-state index in [-0.39, 0.29) is 16.8 Å². The van der Waals surface area contributed by atoms with Gasteiger partial charge in [-0.2, -0.15) is 0 Å². The molecule has 2 rings (SSSR count). The number of carbonyl (C=O) groups is 1. The number of alkyl halides is 1. The number of carbonyl (C=O) groups excluding carboxylic acids is 1. The number of nitrogens with one attached hydrogen (secondary N) is 2. The molecule has 116 valence electrons. The molecular weight excluding hydrogens is 356 g/mol. The molecule has 5 nitrogen and oxygen atoms in total. The fourth-order valence-corrected chi connectivity index (χ4v) is 3.51. The highest BCUT2D eigenvalue weighted by molar-refractivity contribution is 9.09. The molecule has 1 fully saturated rings. The number of unbranched alkanes of at least 4 members (excludes halogenated alkanes) is 1. The second kappa shape index (κ2) is 7.38. The van der Waals surface area contributed by atoms with Gasteiger partial charge in [0.15, 0.2) is 0 Å². The maximum absolute atomic E-state index is 12.0. The number of benzene rings is 1. The van der Waals surface area contributed by atoms with E-state index in [2.05, 4.69) is 26.0 Å². The summed E-state index contributed by atoms with van der Waals surface area (Å²) in [4.78, 5) is 11.9. The minimum absolute atomic E-state index is 0.0531. The number of hydrogen-bond acceptors (Lipinski definition) is 3. The van der Waals surface area contributed by atoms with Crippen molar-refractivity contribution < 1.29 is 13.2 Å². The molecule has 0 bridgehead atoms. The molecular formula is C14H19BrN2O3S. The van der Waals surface area contributed by atoms with Crippen LogP contribution in [0.25, 0.3) is 0 Å². The summed E-state index contributed by atoms with van der Waals surface area (Å²) in [6, 6.07) is 6.34.